The van der Waals surface area contributed by atoms with Gasteiger partial charge in [-0.05, 0) is 48.0 Å². The second-order valence-electron chi connectivity index (χ2n) is 6.09. The summed E-state index contributed by atoms with van der Waals surface area (Å²) in [4.78, 5) is 19.4. The van der Waals surface area contributed by atoms with E-state index in [1.165, 1.54) is 0 Å². The lowest BCUT2D eigenvalue weighted by Gasteiger charge is -2.06. The first-order valence-electron chi connectivity index (χ1n) is 8.67. The molecule has 4 rings (SSSR count). The zero-order valence-electron chi connectivity index (χ0n) is 14.8. The van der Waals surface area contributed by atoms with Crippen molar-refractivity contribution >= 4 is 22.6 Å². The van der Waals surface area contributed by atoms with Gasteiger partial charge in [-0.25, -0.2) is 4.98 Å². The molecule has 1 N–H and O–H groups in total. The Hall–Kier alpha value is -4.17. The molecule has 0 aliphatic carbocycles. The predicted molar refractivity (Wildman–Crippen MR) is 109 cm³/mol. The van der Waals surface area contributed by atoms with Crippen LogP contribution in [0.2, 0.25) is 0 Å². The fraction of sp³-hybridized carbons (Fsp3) is 0. The first-order chi connectivity index (χ1) is 13.7. The van der Waals surface area contributed by atoms with E-state index in [-0.39, 0.29) is 17.0 Å². The number of fused-ring (bicyclic) bond motifs is 1. The molecule has 5 heteroatoms. The summed E-state index contributed by atoms with van der Waals surface area (Å²) >= 11 is 0. The quantitative estimate of drug-likeness (QED) is 0.528. The topological polar surface area (TPSA) is 78.8 Å². The summed E-state index contributed by atoms with van der Waals surface area (Å²) in [5.41, 5.74) is 1.30. The van der Waals surface area contributed by atoms with E-state index < -0.39 is 0 Å². The Balaban J connectivity index is 1.70. The number of para-hydroxylation sites is 2. The predicted octanol–water partition coefficient (Wildman–Crippen LogP) is 4.78. The van der Waals surface area contributed by atoms with Crippen LogP contribution in [-0.4, -0.2) is 9.97 Å². The fourth-order valence-corrected chi connectivity index (χ4v) is 2.83. The second-order valence-corrected chi connectivity index (χ2v) is 6.09. The van der Waals surface area contributed by atoms with Gasteiger partial charge in [-0.1, -0.05) is 42.5 Å². The number of hydrogen-bond donors (Lipinski definition) is 1. The lowest BCUT2D eigenvalue weighted by Crippen LogP contribution is -2.11. The summed E-state index contributed by atoms with van der Waals surface area (Å²) in [7, 11) is 0. The van der Waals surface area contributed by atoms with Gasteiger partial charge in [0.25, 0.3) is 5.56 Å². The number of nitrogens with one attached hydrogen (secondary N) is 1. The average Bonchev–Trinajstić information content (AvgIpc) is 2.73. The molecule has 0 aliphatic heterocycles. The molecule has 28 heavy (non-hydrogen) atoms. The van der Waals surface area contributed by atoms with Gasteiger partial charge in [0, 0.05) is 0 Å². The van der Waals surface area contributed by atoms with E-state index in [1.54, 1.807) is 30.3 Å². The van der Waals surface area contributed by atoms with Crippen molar-refractivity contribution in [3.05, 3.63) is 101 Å². The van der Waals surface area contributed by atoms with Gasteiger partial charge in [-0.3, -0.25) is 4.79 Å². The smallest absolute Gasteiger partial charge is 0.259 e. The third-order valence-electron chi connectivity index (χ3n) is 4.14. The molecule has 0 amide bonds. The largest absolute Gasteiger partial charge is 0.457 e. The summed E-state index contributed by atoms with van der Waals surface area (Å²) in [6, 6.07) is 26.0. The molecule has 0 fully saturated rings. The molecule has 5 nitrogen and oxygen atoms in total. The monoisotopic (exact) mass is 365 g/mol. The molecular formula is C23H15N3O2. The summed E-state index contributed by atoms with van der Waals surface area (Å²) in [5, 5.41) is 10.1. The molecule has 0 aliphatic rings. The Morgan fingerprint density at radius 2 is 1.71 bits per heavy atom. The number of rotatable bonds is 4. The van der Waals surface area contributed by atoms with Gasteiger partial charge in [-0.15, -0.1) is 0 Å². The van der Waals surface area contributed by atoms with Crippen LogP contribution in [0.25, 0.3) is 22.6 Å². The van der Waals surface area contributed by atoms with Crippen molar-refractivity contribution in [2.24, 2.45) is 0 Å². The number of aromatic amines is 1. The van der Waals surface area contributed by atoms with Crippen LogP contribution in [0.1, 0.15) is 11.4 Å². The Bertz CT molecular complexity index is 1270. The third-order valence-corrected chi connectivity index (χ3v) is 4.14. The highest BCUT2D eigenvalue weighted by Crippen LogP contribution is 2.24. The van der Waals surface area contributed by atoms with Crippen LogP contribution in [-0.2, 0) is 0 Å². The van der Waals surface area contributed by atoms with Crippen LogP contribution >= 0.6 is 0 Å². The number of allylic oxidation sites excluding steroid dienone is 1. The van der Waals surface area contributed by atoms with Crippen LogP contribution in [0.4, 0.5) is 0 Å². The van der Waals surface area contributed by atoms with Crippen molar-refractivity contribution in [1.82, 2.24) is 9.97 Å². The lowest BCUT2D eigenvalue weighted by atomic mass is 10.1. The molecular weight excluding hydrogens is 350 g/mol. The van der Waals surface area contributed by atoms with Crippen molar-refractivity contribution in [2.75, 3.05) is 0 Å². The van der Waals surface area contributed by atoms with Crippen LogP contribution in [0.3, 0.4) is 0 Å². The first-order valence-corrected chi connectivity index (χ1v) is 8.67. The van der Waals surface area contributed by atoms with E-state index in [1.807, 2.05) is 54.6 Å². The lowest BCUT2D eigenvalue weighted by molar-refractivity contribution is 0.482. The maximum absolute atomic E-state index is 12.3. The van der Waals surface area contributed by atoms with Crippen molar-refractivity contribution in [1.29, 1.82) is 5.26 Å². The number of H-pyrrole nitrogens is 1. The number of aromatic nitrogens is 2. The standard InChI is InChI=1S/C23H15N3O2/c24-15-17(22-25-21-12-5-4-11-20(21)23(27)26-22)13-16-7-6-10-19(14-16)28-18-8-2-1-3-9-18/h1-14H,(H,25,26,27). The van der Waals surface area contributed by atoms with Gasteiger partial charge >= 0.3 is 0 Å². The molecule has 134 valence electrons. The Kier molecular flexibility index (Phi) is 4.68. The molecule has 0 saturated heterocycles. The second kappa shape index (κ2) is 7.60. The Morgan fingerprint density at radius 3 is 2.54 bits per heavy atom. The summed E-state index contributed by atoms with van der Waals surface area (Å²) in [6.07, 6.45) is 1.67. The molecule has 0 spiro atoms. The highest BCUT2D eigenvalue weighted by atomic mass is 16.5. The zero-order chi connectivity index (χ0) is 19.3. The molecule has 0 bridgehead atoms. The van der Waals surface area contributed by atoms with E-state index in [2.05, 4.69) is 16.0 Å². The molecule has 0 atom stereocenters. The van der Waals surface area contributed by atoms with Crippen molar-refractivity contribution in [3.8, 4) is 17.6 Å². The maximum atomic E-state index is 12.3. The van der Waals surface area contributed by atoms with Crippen LogP contribution in [0.5, 0.6) is 11.5 Å². The normalized spacial score (nSPS) is 11.2. The summed E-state index contributed by atoms with van der Waals surface area (Å²) < 4.78 is 5.83. The maximum Gasteiger partial charge on any atom is 0.259 e. The first kappa shape index (κ1) is 17.3. The minimum atomic E-state index is -0.275. The molecule has 4 aromatic rings. The van der Waals surface area contributed by atoms with Crippen molar-refractivity contribution < 1.29 is 4.74 Å². The minimum absolute atomic E-state index is 0.237. The minimum Gasteiger partial charge on any atom is -0.457 e. The number of nitrogens with zero attached hydrogens (tertiary/aromatic N) is 2. The van der Waals surface area contributed by atoms with E-state index in [9.17, 15) is 10.1 Å². The van der Waals surface area contributed by atoms with Crippen molar-refractivity contribution in [3.63, 3.8) is 0 Å². The van der Waals surface area contributed by atoms with Gasteiger partial charge in [0.15, 0.2) is 5.82 Å². The van der Waals surface area contributed by atoms with E-state index in [0.29, 0.717) is 16.7 Å². The number of nitriles is 1. The van der Waals surface area contributed by atoms with Gasteiger partial charge < -0.3 is 9.72 Å². The molecule has 1 aromatic heterocycles. The molecule has 0 unspecified atom stereocenters. The number of ether oxygens (including phenoxy) is 1. The number of hydrogen-bond acceptors (Lipinski definition) is 4. The molecule has 0 radical (unpaired) electrons. The van der Waals surface area contributed by atoms with E-state index in [4.69, 9.17) is 4.74 Å². The van der Waals surface area contributed by atoms with Crippen LogP contribution in [0, 0.1) is 11.3 Å². The van der Waals surface area contributed by atoms with Gasteiger partial charge in [0.1, 0.15) is 17.6 Å². The fourth-order valence-electron chi connectivity index (χ4n) is 2.83. The average molecular weight is 365 g/mol. The summed E-state index contributed by atoms with van der Waals surface area (Å²) in [5.74, 6) is 1.61. The summed E-state index contributed by atoms with van der Waals surface area (Å²) in [6.45, 7) is 0. The highest BCUT2D eigenvalue weighted by molar-refractivity contribution is 5.89. The molecule has 0 saturated carbocycles. The highest BCUT2D eigenvalue weighted by Gasteiger charge is 2.08. The van der Waals surface area contributed by atoms with E-state index >= 15 is 0 Å². The molecule has 1 heterocycles. The van der Waals surface area contributed by atoms with Gasteiger partial charge in [0.2, 0.25) is 0 Å². The van der Waals surface area contributed by atoms with Crippen LogP contribution in [0.15, 0.2) is 83.7 Å². The zero-order valence-corrected chi connectivity index (χ0v) is 14.8. The SMILES string of the molecule is N#CC(=Cc1cccc(Oc2ccccc2)c1)c1nc2ccccc2c(=O)[nH]1. The van der Waals surface area contributed by atoms with Gasteiger partial charge in [0.05, 0.1) is 16.5 Å². The third kappa shape index (κ3) is 3.67. The van der Waals surface area contributed by atoms with Crippen LogP contribution < -0.4 is 10.3 Å². The molecule has 3 aromatic carbocycles. The van der Waals surface area contributed by atoms with E-state index in [0.717, 1.165) is 11.3 Å². The number of benzene rings is 3. The Morgan fingerprint density at radius 1 is 0.964 bits per heavy atom. The van der Waals surface area contributed by atoms with Crippen molar-refractivity contribution in [2.45, 2.75) is 0 Å². The Labute approximate surface area is 161 Å². The van der Waals surface area contributed by atoms with Gasteiger partial charge in [-0.2, -0.15) is 5.26 Å².